The van der Waals surface area contributed by atoms with E-state index in [4.69, 9.17) is 4.74 Å². The second kappa shape index (κ2) is 6.46. The average Bonchev–Trinajstić information content (AvgIpc) is 2.26. The summed E-state index contributed by atoms with van der Waals surface area (Å²) in [5, 5.41) is 3.51. The molecule has 1 aliphatic heterocycles. The van der Waals surface area contributed by atoms with Gasteiger partial charge in [0.1, 0.15) is 0 Å². The molecule has 1 aliphatic rings. The minimum atomic E-state index is 0.354. The van der Waals surface area contributed by atoms with E-state index < -0.39 is 0 Å². The summed E-state index contributed by atoms with van der Waals surface area (Å²) in [5.74, 6) is 0. The third kappa shape index (κ3) is 4.09. The summed E-state index contributed by atoms with van der Waals surface area (Å²) in [7, 11) is 0. The maximum absolute atomic E-state index is 5.81. The van der Waals surface area contributed by atoms with Gasteiger partial charge in [0.2, 0.25) is 0 Å². The lowest BCUT2D eigenvalue weighted by molar-refractivity contribution is -0.0524. The van der Waals surface area contributed by atoms with Gasteiger partial charge in [0.25, 0.3) is 0 Å². The van der Waals surface area contributed by atoms with Gasteiger partial charge in [0.15, 0.2) is 0 Å². The zero-order chi connectivity index (χ0) is 11.3. The van der Waals surface area contributed by atoms with Crippen LogP contribution in [0.3, 0.4) is 0 Å². The predicted molar refractivity (Wildman–Crippen MR) is 64.2 cm³/mol. The molecule has 0 aliphatic carbocycles. The molecule has 0 aromatic rings. The van der Waals surface area contributed by atoms with Gasteiger partial charge in [-0.25, -0.2) is 0 Å². The fourth-order valence-corrected chi connectivity index (χ4v) is 1.97. The minimum Gasteiger partial charge on any atom is -0.374 e. The maximum Gasteiger partial charge on any atom is 0.0852 e. The molecule has 1 heterocycles. The van der Waals surface area contributed by atoms with Crippen LogP contribution in [-0.2, 0) is 4.74 Å². The number of nitrogens with one attached hydrogen (secondary N) is 1. The molecular weight excluding hydrogens is 188 g/mol. The quantitative estimate of drug-likeness (QED) is 0.750. The third-order valence-electron chi connectivity index (χ3n) is 3.13. The molecule has 0 bridgehead atoms. The van der Waals surface area contributed by atoms with Crippen LogP contribution in [0.25, 0.3) is 0 Å². The second-order valence-electron chi connectivity index (χ2n) is 4.74. The highest BCUT2D eigenvalue weighted by atomic mass is 16.5. The Bertz CT molecular complexity index is 173. The minimum absolute atomic E-state index is 0.354. The van der Waals surface area contributed by atoms with Crippen LogP contribution < -0.4 is 5.32 Å². The lowest BCUT2D eigenvalue weighted by Gasteiger charge is -2.38. The van der Waals surface area contributed by atoms with Crippen molar-refractivity contribution in [2.45, 2.75) is 52.3 Å². The number of hydrogen-bond donors (Lipinski definition) is 1. The molecule has 1 saturated heterocycles. The van der Waals surface area contributed by atoms with Gasteiger partial charge in [0, 0.05) is 25.2 Å². The molecule has 90 valence electrons. The largest absolute Gasteiger partial charge is 0.374 e. The summed E-state index contributed by atoms with van der Waals surface area (Å²) in [6.45, 7) is 13.0. The first-order valence-corrected chi connectivity index (χ1v) is 6.24. The normalized spacial score (nSPS) is 25.8. The number of nitrogens with zero attached hydrogens (tertiary/aromatic N) is 1. The summed E-state index contributed by atoms with van der Waals surface area (Å²) in [6.07, 6.45) is 1.54. The topological polar surface area (TPSA) is 24.5 Å². The number of rotatable bonds is 5. The lowest BCUT2D eigenvalue weighted by Crippen LogP contribution is -2.52. The fraction of sp³-hybridized carbons (Fsp3) is 1.00. The van der Waals surface area contributed by atoms with Crippen molar-refractivity contribution in [1.82, 2.24) is 10.2 Å². The van der Waals surface area contributed by atoms with Gasteiger partial charge in [-0.05, 0) is 33.7 Å². The Morgan fingerprint density at radius 1 is 1.40 bits per heavy atom. The number of hydrogen-bond acceptors (Lipinski definition) is 3. The molecule has 0 saturated carbocycles. The van der Waals surface area contributed by atoms with Gasteiger partial charge in [-0.3, -0.25) is 4.90 Å². The molecule has 15 heavy (non-hydrogen) atoms. The van der Waals surface area contributed by atoms with E-state index in [1.54, 1.807) is 0 Å². The first kappa shape index (κ1) is 12.9. The Balaban J connectivity index is 2.34. The zero-order valence-electron chi connectivity index (χ0n) is 10.6. The van der Waals surface area contributed by atoms with Gasteiger partial charge < -0.3 is 10.1 Å². The summed E-state index contributed by atoms with van der Waals surface area (Å²) < 4.78 is 5.81. The molecule has 0 radical (unpaired) electrons. The van der Waals surface area contributed by atoms with E-state index in [-0.39, 0.29) is 0 Å². The van der Waals surface area contributed by atoms with Gasteiger partial charge in [-0.2, -0.15) is 0 Å². The van der Waals surface area contributed by atoms with Crippen molar-refractivity contribution >= 4 is 0 Å². The smallest absolute Gasteiger partial charge is 0.0852 e. The predicted octanol–water partition coefficient (Wildman–Crippen LogP) is 1.48. The van der Waals surface area contributed by atoms with Crippen LogP contribution in [-0.4, -0.2) is 49.3 Å². The lowest BCUT2D eigenvalue weighted by atomic mass is 10.1. The van der Waals surface area contributed by atoms with E-state index in [1.165, 1.54) is 6.42 Å². The Kier molecular flexibility index (Phi) is 5.58. The van der Waals surface area contributed by atoms with Crippen molar-refractivity contribution < 1.29 is 4.74 Å². The van der Waals surface area contributed by atoms with Crippen LogP contribution >= 0.6 is 0 Å². The Morgan fingerprint density at radius 2 is 2.13 bits per heavy atom. The van der Waals surface area contributed by atoms with Crippen LogP contribution in [0.4, 0.5) is 0 Å². The molecule has 0 spiro atoms. The van der Waals surface area contributed by atoms with Gasteiger partial charge in [0.05, 0.1) is 12.7 Å². The molecule has 2 atom stereocenters. The van der Waals surface area contributed by atoms with E-state index in [2.05, 4.69) is 37.9 Å². The summed E-state index contributed by atoms with van der Waals surface area (Å²) in [5.41, 5.74) is 0. The Morgan fingerprint density at radius 3 is 2.73 bits per heavy atom. The number of ether oxygens (including phenoxy) is 1. The van der Waals surface area contributed by atoms with Crippen LogP contribution in [0, 0.1) is 0 Å². The van der Waals surface area contributed by atoms with Crippen LogP contribution in [0.15, 0.2) is 0 Å². The molecule has 1 rings (SSSR count). The maximum atomic E-state index is 5.81. The summed E-state index contributed by atoms with van der Waals surface area (Å²) in [4.78, 5) is 2.50. The Hall–Kier alpha value is -0.120. The standard InChI is InChI=1S/C12H26N2O/c1-5-6-13-11(4)12-9-14(10(2)3)7-8-15-12/h10-13H,5-9H2,1-4H3. The fourth-order valence-electron chi connectivity index (χ4n) is 1.97. The van der Waals surface area contributed by atoms with E-state index in [9.17, 15) is 0 Å². The SMILES string of the molecule is CCCNC(C)C1CN(C(C)C)CCO1. The van der Waals surface area contributed by atoms with Gasteiger partial charge in [-0.15, -0.1) is 0 Å². The van der Waals surface area contributed by atoms with Crippen molar-refractivity contribution in [3.63, 3.8) is 0 Å². The van der Waals surface area contributed by atoms with E-state index in [0.717, 1.165) is 26.2 Å². The second-order valence-corrected chi connectivity index (χ2v) is 4.74. The van der Waals surface area contributed by atoms with Gasteiger partial charge >= 0.3 is 0 Å². The summed E-state index contributed by atoms with van der Waals surface area (Å²) >= 11 is 0. The molecule has 0 aromatic carbocycles. The molecule has 1 N–H and O–H groups in total. The van der Waals surface area contributed by atoms with E-state index in [0.29, 0.717) is 18.2 Å². The Labute approximate surface area is 94.2 Å². The monoisotopic (exact) mass is 214 g/mol. The summed E-state index contributed by atoms with van der Waals surface area (Å²) in [6, 6.07) is 1.10. The van der Waals surface area contributed by atoms with Crippen molar-refractivity contribution in [2.75, 3.05) is 26.2 Å². The van der Waals surface area contributed by atoms with Crippen molar-refractivity contribution in [2.24, 2.45) is 0 Å². The van der Waals surface area contributed by atoms with Crippen LogP contribution in [0.2, 0.25) is 0 Å². The molecule has 0 amide bonds. The van der Waals surface area contributed by atoms with Gasteiger partial charge in [-0.1, -0.05) is 6.92 Å². The third-order valence-corrected chi connectivity index (χ3v) is 3.13. The molecule has 3 nitrogen and oxygen atoms in total. The highest BCUT2D eigenvalue weighted by Gasteiger charge is 2.25. The highest BCUT2D eigenvalue weighted by Crippen LogP contribution is 2.11. The number of morpholine rings is 1. The van der Waals surface area contributed by atoms with Crippen molar-refractivity contribution in [3.05, 3.63) is 0 Å². The van der Waals surface area contributed by atoms with Crippen molar-refractivity contribution in [1.29, 1.82) is 0 Å². The zero-order valence-corrected chi connectivity index (χ0v) is 10.6. The molecule has 3 heteroatoms. The van der Waals surface area contributed by atoms with E-state index >= 15 is 0 Å². The first-order chi connectivity index (χ1) is 7.15. The van der Waals surface area contributed by atoms with Crippen LogP contribution in [0.1, 0.15) is 34.1 Å². The average molecular weight is 214 g/mol. The first-order valence-electron chi connectivity index (χ1n) is 6.24. The van der Waals surface area contributed by atoms with E-state index in [1.807, 2.05) is 0 Å². The highest BCUT2D eigenvalue weighted by molar-refractivity contribution is 4.81. The molecule has 0 aromatic heterocycles. The molecule has 2 unspecified atom stereocenters. The van der Waals surface area contributed by atoms with Crippen molar-refractivity contribution in [3.8, 4) is 0 Å². The molecule has 1 fully saturated rings. The molecular formula is C12H26N2O. The van der Waals surface area contributed by atoms with Crippen LogP contribution in [0.5, 0.6) is 0 Å².